The van der Waals surface area contributed by atoms with Crippen LogP contribution in [-0.2, 0) is 23.0 Å². The second kappa shape index (κ2) is 8.92. The van der Waals surface area contributed by atoms with Gasteiger partial charge in [-0.25, -0.2) is 26.7 Å². The largest absolute Gasteiger partial charge is 0.335 e. The number of nitrogens with one attached hydrogen (secondary N) is 3. The van der Waals surface area contributed by atoms with E-state index in [1.54, 1.807) is 19.1 Å². The number of rotatable bonds is 7. The van der Waals surface area contributed by atoms with Crippen molar-refractivity contribution < 1.29 is 22.0 Å². The van der Waals surface area contributed by atoms with Gasteiger partial charge in [0.25, 0.3) is 0 Å². The fourth-order valence-corrected chi connectivity index (χ4v) is 3.28. The summed E-state index contributed by atoms with van der Waals surface area (Å²) in [6.07, 6.45) is 0.00181. The Labute approximate surface area is 157 Å². The maximum absolute atomic E-state index is 13.7. The fourth-order valence-electron chi connectivity index (χ4n) is 2.48. The second-order valence-corrected chi connectivity index (χ2v) is 7.87. The summed E-state index contributed by atoms with van der Waals surface area (Å²) in [5.74, 6) is -1.32. The Morgan fingerprint density at radius 3 is 2.37 bits per heavy atom. The lowest BCUT2D eigenvalue weighted by atomic mass is 10.1. The van der Waals surface area contributed by atoms with Gasteiger partial charge < -0.3 is 10.6 Å². The summed E-state index contributed by atoms with van der Waals surface area (Å²) in [6, 6.07) is 8.71. The van der Waals surface area contributed by atoms with Gasteiger partial charge in [-0.1, -0.05) is 18.2 Å². The van der Waals surface area contributed by atoms with Crippen LogP contribution in [-0.4, -0.2) is 27.5 Å². The zero-order valence-electron chi connectivity index (χ0n) is 14.9. The van der Waals surface area contributed by atoms with E-state index in [9.17, 15) is 22.0 Å². The third-order valence-corrected chi connectivity index (χ3v) is 5.29. The SMILES string of the molecule is CNS(=O)(=O)c1cccc(CNC(=O)NC(C)Cc2c(F)cccc2F)c1. The van der Waals surface area contributed by atoms with Crippen LogP contribution in [0, 0.1) is 11.6 Å². The van der Waals surface area contributed by atoms with Crippen molar-refractivity contribution in [3.63, 3.8) is 0 Å². The molecular formula is C18H21F2N3O3S. The number of sulfonamides is 1. The third kappa shape index (κ3) is 5.73. The van der Waals surface area contributed by atoms with Crippen molar-refractivity contribution in [2.45, 2.75) is 30.8 Å². The van der Waals surface area contributed by atoms with Gasteiger partial charge in [0.05, 0.1) is 4.90 Å². The molecule has 2 aromatic carbocycles. The average molecular weight is 397 g/mol. The maximum atomic E-state index is 13.7. The lowest BCUT2D eigenvalue weighted by Gasteiger charge is -2.16. The van der Waals surface area contributed by atoms with Gasteiger partial charge in [0.2, 0.25) is 10.0 Å². The summed E-state index contributed by atoms with van der Waals surface area (Å²) in [7, 11) is -2.26. The van der Waals surface area contributed by atoms with E-state index < -0.39 is 33.7 Å². The number of hydrogen-bond donors (Lipinski definition) is 3. The van der Waals surface area contributed by atoms with Gasteiger partial charge in [-0.15, -0.1) is 0 Å². The minimum absolute atomic E-state index is 0.00181. The Bertz CT molecular complexity index is 900. The van der Waals surface area contributed by atoms with Gasteiger partial charge in [-0.2, -0.15) is 0 Å². The number of benzene rings is 2. The lowest BCUT2D eigenvalue weighted by molar-refractivity contribution is 0.237. The highest BCUT2D eigenvalue weighted by Crippen LogP contribution is 2.14. The monoisotopic (exact) mass is 397 g/mol. The van der Waals surface area contributed by atoms with E-state index >= 15 is 0 Å². The van der Waals surface area contributed by atoms with Crippen molar-refractivity contribution in [3.8, 4) is 0 Å². The molecule has 2 aromatic rings. The van der Waals surface area contributed by atoms with E-state index in [0.29, 0.717) is 5.56 Å². The van der Waals surface area contributed by atoms with Gasteiger partial charge >= 0.3 is 6.03 Å². The molecular weight excluding hydrogens is 376 g/mol. The maximum Gasteiger partial charge on any atom is 0.315 e. The summed E-state index contributed by atoms with van der Waals surface area (Å²) in [5.41, 5.74) is 0.504. The Balaban J connectivity index is 1.92. The molecule has 0 saturated heterocycles. The molecule has 2 amide bonds. The van der Waals surface area contributed by atoms with Crippen LogP contribution in [0.15, 0.2) is 47.4 Å². The van der Waals surface area contributed by atoms with Crippen molar-refractivity contribution in [1.82, 2.24) is 15.4 Å². The Hall–Kier alpha value is -2.52. The molecule has 0 spiro atoms. The average Bonchev–Trinajstić information content (AvgIpc) is 2.63. The number of carbonyl (C=O) groups is 1. The highest BCUT2D eigenvalue weighted by Gasteiger charge is 2.15. The van der Waals surface area contributed by atoms with E-state index in [1.165, 1.54) is 25.2 Å². The zero-order valence-corrected chi connectivity index (χ0v) is 15.7. The van der Waals surface area contributed by atoms with Crippen LogP contribution in [0.2, 0.25) is 0 Å². The second-order valence-electron chi connectivity index (χ2n) is 5.99. The van der Waals surface area contributed by atoms with E-state index in [2.05, 4.69) is 15.4 Å². The van der Waals surface area contributed by atoms with Gasteiger partial charge in [0.15, 0.2) is 0 Å². The van der Waals surface area contributed by atoms with Gasteiger partial charge in [0, 0.05) is 18.2 Å². The van der Waals surface area contributed by atoms with Crippen LogP contribution in [0.25, 0.3) is 0 Å². The molecule has 0 aliphatic heterocycles. The molecule has 0 aromatic heterocycles. The van der Waals surface area contributed by atoms with Crippen molar-refractivity contribution in [2.24, 2.45) is 0 Å². The van der Waals surface area contributed by atoms with Gasteiger partial charge in [0.1, 0.15) is 11.6 Å². The zero-order chi connectivity index (χ0) is 20.0. The molecule has 0 saturated carbocycles. The fraction of sp³-hybridized carbons (Fsp3) is 0.278. The summed E-state index contributed by atoms with van der Waals surface area (Å²) in [4.78, 5) is 12.1. The standard InChI is InChI=1S/C18H21F2N3O3S/c1-12(9-15-16(19)7-4-8-17(15)20)23-18(24)22-11-13-5-3-6-14(10-13)27(25,26)21-2/h3-8,10,12,21H,9,11H2,1-2H3,(H2,22,23,24). The molecule has 1 atom stereocenters. The van der Waals surface area contributed by atoms with Crippen LogP contribution in [0.5, 0.6) is 0 Å². The molecule has 2 rings (SSSR count). The minimum atomic E-state index is -3.57. The summed E-state index contributed by atoms with van der Waals surface area (Å²) >= 11 is 0. The number of amides is 2. The van der Waals surface area contributed by atoms with Crippen LogP contribution < -0.4 is 15.4 Å². The first-order chi connectivity index (χ1) is 12.7. The van der Waals surface area contributed by atoms with Crippen LogP contribution >= 0.6 is 0 Å². The first kappa shape index (κ1) is 20.8. The van der Waals surface area contributed by atoms with Crippen molar-refractivity contribution in [3.05, 3.63) is 65.2 Å². The number of carbonyl (C=O) groups excluding carboxylic acids is 1. The first-order valence-corrected chi connectivity index (χ1v) is 9.71. The molecule has 0 radical (unpaired) electrons. The van der Waals surface area contributed by atoms with Crippen LogP contribution in [0.3, 0.4) is 0 Å². The predicted molar refractivity (Wildman–Crippen MR) is 97.6 cm³/mol. The summed E-state index contributed by atoms with van der Waals surface area (Å²) in [5, 5.41) is 5.18. The molecule has 3 N–H and O–H groups in total. The highest BCUT2D eigenvalue weighted by molar-refractivity contribution is 7.89. The first-order valence-electron chi connectivity index (χ1n) is 8.22. The Morgan fingerprint density at radius 2 is 1.74 bits per heavy atom. The molecule has 27 heavy (non-hydrogen) atoms. The minimum Gasteiger partial charge on any atom is -0.335 e. The molecule has 6 nitrogen and oxygen atoms in total. The summed E-state index contributed by atoms with van der Waals surface area (Å²) in [6.45, 7) is 1.73. The smallest absolute Gasteiger partial charge is 0.315 e. The normalized spacial score (nSPS) is 12.4. The third-order valence-electron chi connectivity index (χ3n) is 3.88. The quantitative estimate of drug-likeness (QED) is 0.670. The molecule has 0 heterocycles. The molecule has 0 fully saturated rings. The number of urea groups is 1. The highest BCUT2D eigenvalue weighted by atomic mass is 32.2. The molecule has 0 aliphatic carbocycles. The molecule has 9 heteroatoms. The Kier molecular flexibility index (Phi) is 6.86. The number of halogens is 2. The van der Waals surface area contributed by atoms with E-state index in [4.69, 9.17) is 0 Å². The molecule has 0 aliphatic rings. The van der Waals surface area contributed by atoms with Crippen molar-refractivity contribution >= 4 is 16.1 Å². The predicted octanol–water partition coefficient (Wildman–Crippen LogP) is 2.30. The lowest BCUT2D eigenvalue weighted by Crippen LogP contribution is -2.41. The van der Waals surface area contributed by atoms with E-state index in [1.807, 2.05) is 0 Å². The molecule has 1 unspecified atom stereocenters. The summed E-state index contributed by atoms with van der Waals surface area (Å²) < 4.78 is 53.1. The van der Waals surface area contributed by atoms with Crippen molar-refractivity contribution in [1.29, 1.82) is 0 Å². The van der Waals surface area contributed by atoms with E-state index in [-0.39, 0.29) is 23.4 Å². The van der Waals surface area contributed by atoms with E-state index in [0.717, 1.165) is 12.1 Å². The topological polar surface area (TPSA) is 87.3 Å². The van der Waals surface area contributed by atoms with Gasteiger partial charge in [-0.05, 0) is 50.2 Å². The Morgan fingerprint density at radius 1 is 1.11 bits per heavy atom. The molecule has 0 bridgehead atoms. The van der Waals surface area contributed by atoms with Crippen LogP contribution in [0.1, 0.15) is 18.1 Å². The van der Waals surface area contributed by atoms with Crippen LogP contribution in [0.4, 0.5) is 13.6 Å². The van der Waals surface area contributed by atoms with Crippen molar-refractivity contribution in [2.75, 3.05) is 7.05 Å². The molecule has 146 valence electrons. The van der Waals surface area contributed by atoms with Gasteiger partial charge in [-0.3, -0.25) is 0 Å². The number of hydrogen-bond acceptors (Lipinski definition) is 3.